The molecular weight excluding hydrogens is 423 g/mol. The smallest absolute Gasteiger partial charge is 0.405 e. The van der Waals surface area contributed by atoms with Crippen molar-refractivity contribution in [2.75, 3.05) is 13.1 Å². The zero-order valence-corrected chi connectivity index (χ0v) is 17.2. The first-order chi connectivity index (χ1) is 15.3. The predicted molar refractivity (Wildman–Crippen MR) is 109 cm³/mol. The Labute approximate surface area is 182 Å². The molecule has 168 valence electrons. The predicted octanol–water partition coefficient (Wildman–Crippen LogP) is 3.45. The minimum atomic E-state index is -4.79. The first kappa shape index (κ1) is 20.8. The van der Waals surface area contributed by atoms with Gasteiger partial charge in [0, 0.05) is 42.4 Å². The number of fused-ring (bicyclic) bond motifs is 2. The number of ether oxygens (including phenoxy) is 1. The van der Waals surface area contributed by atoms with Gasteiger partial charge in [0.05, 0.1) is 6.54 Å². The van der Waals surface area contributed by atoms with Gasteiger partial charge < -0.3 is 19.9 Å². The van der Waals surface area contributed by atoms with Crippen LogP contribution in [0.4, 0.5) is 13.2 Å². The topological polar surface area (TPSA) is 61.9 Å². The monoisotopic (exact) mass is 445 g/mol. The third-order valence-corrected chi connectivity index (χ3v) is 6.35. The molecule has 0 aliphatic carbocycles. The highest BCUT2D eigenvalue weighted by Crippen LogP contribution is 2.35. The summed E-state index contributed by atoms with van der Waals surface area (Å²) in [4.78, 5) is 29.3. The van der Waals surface area contributed by atoms with E-state index in [-0.39, 0.29) is 36.7 Å². The number of hydrogen-bond acceptors (Lipinski definition) is 4. The Morgan fingerprint density at radius 1 is 1.09 bits per heavy atom. The van der Waals surface area contributed by atoms with E-state index in [1.54, 1.807) is 24.3 Å². The number of halogens is 3. The van der Waals surface area contributed by atoms with Crippen molar-refractivity contribution in [3.05, 3.63) is 64.2 Å². The number of nitrogens with one attached hydrogen (secondary N) is 1. The molecule has 32 heavy (non-hydrogen) atoms. The molecule has 3 heterocycles. The fourth-order valence-electron chi connectivity index (χ4n) is 4.81. The van der Waals surface area contributed by atoms with E-state index in [2.05, 4.69) is 10.1 Å². The van der Waals surface area contributed by atoms with E-state index in [1.165, 1.54) is 17.0 Å². The second kappa shape index (κ2) is 7.81. The van der Waals surface area contributed by atoms with Crippen molar-refractivity contribution >= 4 is 11.8 Å². The molecular formula is C23H22F3N3O3. The molecule has 5 rings (SSSR count). The van der Waals surface area contributed by atoms with Crippen molar-refractivity contribution < 1.29 is 27.5 Å². The van der Waals surface area contributed by atoms with Crippen LogP contribution < -0.4 is 10.1 Å². The zero-order chi connectivity index (χ0) is 22.5. The lowest BCUT2D eigenvalue weighted by atomic mass is 10.1. The summed E-state index contributed by atoms with van der Waals surface area (Å²) >= 11 is 0. The molecule has 6 nitrogen and oxygen atoms in total. The molecule has 0 bridgehead atoms. The van der Waals surface area contributed by atoms with Gasteiger partial charge in [0.25, 0.3) is 11.8 Å². The molecule has 0 radical (unpaired) electrons. The second-order valence-electron chi connectivity index (χ2n) is 8.41. The Balaban J connectivity index is 1.33. The zero-order valence-electron chi connectivity index (χ0n) is 17.2. The fourth-order valence-corrected chi connectivity index (χ4v) is 4.81. The standard InChI is InChI=1S/C23H22F3N3O3/c24-23(25,26)32-20-5-1-3-15-11-28(13-19(15)20)21(30)14-6-7-18-16(9-14)12-29(22(18)31)17-4-2-8-27-10-17/h1,3,5-7,9,17,27H,2,4,8,10-13H2. The van der Waals surface area contributed by atoms with Crippen LogP contribution in [0, 0.1) is 0 Å². The Hall–Kier alpha value is -3.07. The summed E-state index contributed by atoms with van der Waals surface area (Å²) in [6, 6.07) is 9.63. The van der Waals surface area contributed by atoms with E-state index >= 15 is 0 Å². The first-order valence-electron chi connectivity index (χ1n) is 10.6. The summed E-state index contributed by atoms with van der Waals surface area (Å²) in [6.07, 6.45) is -2.82. The Morgan fingerprint density at radius 3 is 2.69 bits per heavy atom. The lowest BCUT2D eigenvalue weighted by Crippen LogP contribution is -2.46. The molecule has 1 saturated heterocycles. The average molecular weight is 445 g/mol. The third kappa shape index (κ3) is 3.81. The molecule has 0 aromatic heterocycles. The maximum atomic E-state index is 13.1. The molecule has 9 heteroatoms. The maximum absolute atomic E-state index is 13.1. The molecule has 1 unspecified atom stereocenters. The largest absolute Gasteiger partial charge is 0.573 e. The number of hydrogen-bond donors (Lipinski definition) is 1. The van der Waals surface area contributed by atoms with E-state index in [9.17, 15) is 22.8 Å². The van der Waals surface area contributed by atoms with Crippen molar-refractivity contribution in [3.63, 3.8) is 0 Å². The molecule has 1 atom stereocenters. The van der Waals surface area contributed by atoms with Gasteiger partial charge in [-0.05, 0) is 54.8 Å². The lowest BCUT2D eigenvalue weighted by Gasteiger charge is -2.31. The Bertz CT molecular complexity index is 1080. The number of carbonyl (C=O) groups is 2. The molecule has 0 spiro atoms. The fraction of sp³-hybridized carbons (Fsp3) is 0.391. The summed E-state index contributed by atoms with van der Waals surface area (Å²) in [5.74, 6) is -0.580. The average Bonchev–Trinajstić information content (AvgIpc) is 3.35. The van der Waals surface area contributed by atoms with Crippen LogP contribution >= 0.6 is 0 Å². The van der Waals surface area contributed by atoms with E-state index < -0.39 is 6.36 Å². The SMILES string of the molecule is O=C(c1ccc2c(c1)CN(C1CCCNC1)C2=O)N1Cc2cccc(OC(F)(F)F)c2C1. The minimum absolute atomic E-state index is 0.0183. The third-order valence-electron chi connectivity index (χ3n) is 6.35. The van der Waals surface area contributed by atoms with Gasteiger partial charge in [0.2, 0.25) is 0 Å². The molecule has 1 fully saturated rings. The number of benzene rings is 2. The highest BCUT2D eigenvalue weighted by molar-refractivity contribution is 6.01. The molecule has 3 aliphatic heterocycles. The van der Waals surface area contributed by atoms with Gasteiger partial charge in [-0.25, -0.2) is 0 Å². The number of carbonyl (C=O) groups excluding carboxylic acids is 2. The quantitative estimate of drug-likeness (QED) is 0.786. The normalized spacial score (nSPS) is 20.3. The molecule has 3 aliphatic rings. The van der Waals surface area contributed by atoms with Gasteiger partial charge in [-0.2, -0.15) is 0 Å². The van der Waals surface area contributed by atoms with Crippen LogP contribution in [-0.4, -0.2) is 47.1 Å². The van der Waals surface area contributed by atoms with Crippen molar-refractivity contribution in [1.29, 1.82) is 0 Å². The van der Waals surface area contributed by atoms with Gasteiger partial charge in [0.1, 0.15) is 5.75 Å². The Kier molecular flexibility index (Phi) is 5.08. The van der Waals surface area contributed by atoms with E-state index in [4.69, 9.17) is 0 Å². The maximum Gasteiger partial charge on any atom is 0.573 e. The van der Waals surface area contributed by atoms with Crippen LogP contribution in [0.2, 0.25) is 0 Å². The van der Waals surface area contributed by atoms with Crippen LogP contribution in [0.25, 0.3) is 0 Å². The van der Waals surface area contributed by atoms with Gasteiger partial charge in [-0.1, -0.05) is 12.1 Å². The highest BCUT2D eigenvalue weighted by Gasteiger charge is 2.36. The number of amides is 2. The highest BCUT2D eigenvalue weighted by atomic mass is 19.4. The summed E-state index contributed by atoms with van der Waals surface area (Å²) in [5, 5.41) is 3.32. The molecule has 1 N–H and O–H groups in total. The Morgan fingerprint density at radius 2 is 1.94 bits per heavy atom. The van der Waals surface area contributed by atoms with E-state index in [0.717, 1.165) is 31.5 Å². The minimum Gasteiger partial charge on any atom is -0.405 e. The van der Waals surface area contributed by atoms with Crippen LogP contribution in [0.5, 0.6) is 5.75 Å². The summed E-state index contributed by atoms with van der Waals surface area (Å²) in [6.45, 7) is 2.43. The van der Waals surface area contributed by atoms with Gasteiger partial charge in [0.15, 0.2) is 0 Å². The summed E-state index contributed by atoms with van der Waals surface area (Å²) < 4.78 is 42.3. The number of piperidine rings is 1. The number of alkyl halides is 3. The van der Waals surface area contributed by atoms with Crippen molar-refractivity contribution in [2.45, 2.75) is 44.9 Å². The molecule has 2 aromatic rings. The van der Waals surface area contributed by atoms with E-state index in [1.807, 2.05) is 4.90 Å². The lowest BCUT2D eigenvalue weighted by molar-refractivity contribution is -0.274. The van der Waals surface area contributed by atoms with Crippen LogP contribution in [-0.2, 0) is 19.6 Å². The molecule has 2 amide bonds. The van der Waals surface area contributed by atoms with Gasteiger partial charge in [-0.15, -0.1) is 13.2 Å². The van der Waals surface area contributed by atoms with Crippen molar-refractivity contribution in [3.8, 4) is 5.75 Å². The number of nitrogens with zero attached hydrogens (tertiary/aromatic N) is 2. The summed E-state index contributed by atoms with van der Waals surface area (Å²) in [5.41, 5.74) is 2.84. The van der Waals surface area contributed by atoms with Crippen LogP contribution in [0.1, 0.15) is 50.2 Å². The van der Waals surface area contributed by atoms with Gasteiger partial charge in [-0.3, -0.25) is 9.59 Å². The van der Waals surface area contributed by atoms with Gasteiger partial charge >= 0.3 is 6.36 Å². The molecule has 0 saturated carbocycles. The second-order valence-corrected chi connectivity index (χ2v) is 8.41. The van der Waals surface area contributed by atoms with Crippen LogP contribution in [0.15, 0.2) is 36.4 Å². The van der Waals surface area contributed by atoms with E-state index in [0.29, 0.717) is 28.8 Å². The summed E-state index contributed by atoms with van der Waals surface area (Å²) in [7, 11) is 0. The van der Waals surface area contributed by atoms with Crippen LogP contribution in [0.3, 0.4) is 0 Å². The van der Waals surface area contributed by atoms with Crippen molar-refractivity contribution in [1.82, 2.24) is 15.1 Å². The first-order valence-corrected chi connectivity index (χ1v) is 10.6. The molecule has 2 aromatic carbocycles. The number of rotatable bonds is 3. The van der Waals surface area contributed by atoms with Crippen molar-refractivity contribution in [2.24, 2.45) is 0 Å².